The molecule has 2 rings (SSSR count). The van der Waals surface area contributed by atoms with Crippen LogP contribution in [0, 0.1) is 12.3 Å². The smallest absolute Gasteiger partial charge is 0.316 e. The number of thioether (sulfide) groups is 1. The summed E-state index contributed by atoms with van der Waals surface area (Å²) >= 11 is 6.94. The van der Waals surface area contributed by atoms with E-state index in [2.05, 4.69) is 12.2 Å². The predicted molar refractivity (Wildman–Crippen MR) is 110 cm³/mol. The molecule has 0 heterocycles. The van der Waals surface area contributed by atoms with Crippen LogP contribution in [0.1, 0.15) is 31.9 Å². The van der Waals surface area contributed by atoms with Crippen LogP contribution in [0.25, 0.3) is 0 Å². The fraction of sp³-hybridized carbons (Fsp3) is 0.300. The van der Waals surface area contributed by atoms with Crippen molar-refractivity contribution in [1.82, 2.24) is 0 Å². The summed E-state index contributed by atoms with van der Waals surface area (Å²) in [5.74, 6) is 1.08. The van der Waals surface area contributed by atoms with Gasteiger partial charge in [-0.25, -0.2) is 0 Å². The fourth-order valence-corrected chi connectivity index (χ4v) is 2.83. The molecule has 0 unspecified atom stereocenters. The van der Waals surface area contributed by atoms with Crippen LogP contribution in [-0.2, 0) is 10.5 Å². The minimum Gasteiger partial charge on any atom is -0.426 e. The Kier molecular flexibility index (Phi) is 6.62. The van der Waals surface area contributed by atoms with E-state index >= 15 is 0 Å². The van der Waals surface area contributed by atoms with E-state index in [1.165, 1.54) is 5.56 Å². The van der Waals surface area contributed by atoms with E-state index in [0.29, 0.717) is 5.75 Å². The van der Waals surface area contributed by atoms with Gasteiger partial charge in [0.1, 0.15) is 10.1 Å². The molecule has 2 aromatic carbocycles. The van der Waals surface area contributed by atoms with Gasteiger partial charge in [-0.1, -0.05) is 53.8 Å². The molecule has 0 atom stereocenters. The molecule has 0 aliphatic carbocycles. The molecule has 0 spiro atoms. The molecular formula is C20H23NO2S2. The summed E-state index contributed by atoms with van der Waals surface area (Å²) in [4.78, 5) is 11.9. The average Bonchev–Trinajstić information content (AvgIpc) is 2.55. The second kappa shape index (κ2) is 8.50. The van der Waals surface area contributed by atoms with Crippen LogP contribution < -0.4 is 10.1 Å². The van der Waals surface area contributed by atoms with Gasteiger partial charge in [-0.05, 0) is 57.5 Å². The standard InChI is InChI=1S/C20H23NO2S2/c1-14-5-9-16(10-6-14)21-19(24)25-13-15-7-11-17(12-8-15)23-18(22)20(2,3)4/h5-12H,13H2,1-4H3,(H,21,24). The highest BCUT2D eigenvalue weighted by Gasteiger charge is 2.23. The van der Waals surface area contributed by atoms with Crippen molar-refractivity contribution in [2.45, 2.75) is 33.4 Å². The Morgan fingerprint density at radius 3 is 2.24 bits per heavy atom. The van der Waals surface area contributed by atoms with Crippen molar-refractivity contribution < 1.29 is 9.53 Å². The molecule has 0 saturated heterocycles. The van der Waals surface area contributed by atoms with Crippen molar-refractivity contribution in [2.24, 2.45) is 5.41 Å². The van der Waals surface area contributed by atoms with E-state index in [1.54, 1.807) is 11.8 Å². The minimum atomic E-state index is -0.512. The van der Waals surface area contributed by atoms with Gasteiger partial charge < -0.3 is 10.1 Å². The lowest BCUT2D eigenvalue weighted by molar-refractivity contribution is -0.142. The second-order valence-corrected chi connectivity index (χ2v) is 8.50. The van der Waals surface area contributed by atoms with Crippen molar-refractivity contribution >= 4 is 40.0 Å². The highest BCUT2D eigenvalue weighted by molar-refractivity contribution is 8.22. The third kappa shape index (κ3) is 6.52. The average molecular weight is 374 g/mol. The van der Waals surface area contributed by atoms with Gasteiger partial charge in [-0.3, -0.25) is 4.79 Å². The molecule has 0 amide bonds. The number of hydrogen-bond acceptors (Lipinski definition) is 4. The fourth-order valence-electron chi connectivity index (χ4n) is 1.85. The maximum absolute atomic E-state index is 11.9. The van der Waals surface area contributed by atoms with E-state index in [1.807, 2.05) is 69.3 Å². The summed E-state index contributed by atoms with van der Waals surface area (Å²) < 4.78 is 6.09. The Labute approximate surface area is 159 Å². The van der Waals surface area contributed by atoms with Gasteiger partial charge in [-0.15, -0.1) is 0 Å². The third-order valence-electron chi connectivity index (χ3n) is 3.41. The zero-order valence-corrected chi connectivity index (χ0v) is 16.6. The zero-order chi connectivity index (χ0) is 18.4. The van der Waals surface area contributed by atoms with Gasteiger partial charge in [0.05, 0.1) is 5.41 Å². The summed E-state index contributed by atoms with van der Waals surface area (Å²) in [6.45, 7) is 7.56. The normalized spacial score (nSPS) is 11.0. The number of thiocarbonyl (C=S) groups is 1. The predicted octanol–water partition coefficient (Wildman–Crippen LogP) is 5.58. The molecule has 5 heteroatoms. The molecule has 0 radical (unpaired) electrons. The molecule has 0 bridgehead atoms. The van der Waals surface area contributed by atoms with E-state index in [0.717, 1.165) is 21.3 Å². The molecule has 1 N–H and O–H groups in total. The molecule has 0 aromatic heterocycles. The van der Waals surface area contributed by atoms with Gasteiger partial charge in [0.25, 0.3) is 0 Å². The van der Waals surface area contributed by atoms with Gasteiger partial charge in [0.15, 0.2) is 0 Å². The maximum atomic E-state index is 11.9. The summed E-state index contributed by atoms with van der Waals surface area (Å²) in [5, 5.41) is 3.22. The van der Waals surface area contributed by atoms with Crippen LogP contribution in [0.5, 0.6) is 5.75 Å². The van der Waals surface area contributed by atoms with Crippen LogP contribution in [-0.4, -0.2) is 10.3 Å². The Balaban J connectivity index is 1.83. The quantitative estimate of drug-likeness (QED) is 0.430. The number of anilines is 1. The first-order valence-corrected chi connectivity index (χ1v) is 9.45. The first kappa shape index (κ1) is 19.5. The van der Waals surface area contributed by atoms with Crippen LogP contribution >= 0.6 is 24.0 Å². The first-order chi connectivity index (χ1) is 11.7. The van der Waals surface area contributed by atoms with Gasteiger partial charge >= 0.3 is 5.97 Å². The number of hydrogen-bond donors (Lipinski definition) is 1. The summed E-state index contributed by atoms with van der Waals surface area (Å²) in [6, 6.07) is 15.7. The van der Waals surface area contributed by atoms with Crippen molar-refractivity contribution in [2.75, 3.05) is 5.32 Å². The largest absolute Gasteiger partial charge is 0.426 e. The zero-order valence-electron chi connectivity index (χ0n) is 15.0. The number of carbonyl (C=O) groups is 1. The Morgan fingerprint density at radius 1 is 1.08 bits per heavy atom. The summed E-state index contributed by atoms with van der Waals surface area (Å²) in [6.07, 6.45) is 0. The number of rotatable bonds is 4. The molecule has 132 valence electrons. The molecule has 2 aromatic rings. The number of carbonyl (C=O) groups excluding carboxylic acids is 1. The number of aryl methyl sites for hydroxylation is 1. The summed E-state index contributed by atoms with van der Waals surface area (Å²) in [7, 11) is 0. The minimum absolute atomic E-state index is 0.238. The molecule has 3 nitrogen and oxygen atoms in total. The van der Waals surface area contributed by atoms with Gasteiger partial charge in [0, 0.05) is 11.4 Å². The molecule has 0 aliphatic heterocycles. The van der Waals surface area contributed by atoms with E-state index in [4.69, 9.17) is 17.0 Å². The number of nitrogens with one attached hydrogen (secondary N) is 1. The monoisotopic (exact) mass is 373 g/mol. The lowest BCUT2D eigenvalue weighted by Crippen LogP contribution is -2.25. The molecule has 0 fully saturated rings. The van der Waals surface area contributed by atoms with Crippen LogP contribution in [0.4, 0.5) is 5.69 Å². The summed E-state index contributed by atoms with van der Waals surface area (Å²) in [5.41, 5.74) is 2.82. The molecule has 25 heavy (non-hydrogen) atoms. The lowest BCUT2D eigenvalue weighted by Gasteiger charge is -2.16. The van der Waals surface area contributed by atoms with E-state index in [9.17, 15) is 4.79 Å². The van der Waals surface area contributed by atoms with Gasteiger partial charge in [-0.2, -0.15) is 0 Å². The number of benzene rings is 2. The molecule has 0 aliphatic rings. The number of ether oxygens (including phenoxy) is 1. The van der Waals surface area contributed by atoms with Gasteiger partial charge in [0.2, 0.25) is 0 Å². The molecule has 0 saturated carbocycles. The number of esters is 1. The Morgan fingerprint density at radius 2 is 1.68 bits per heavy atom. The first-order valence-electron chi connectivity index (χ1n) is 8.06. The third-order valence-corrected chi connectivity index (χ3v) is 4.71. The van der Waals surface area contributed by atoms with Crippen molar-refractivity contribution in [3.8, 4) is 5.75 Å². The lowest BCUT2D eigenvalue weighted by atomic mass is 9.97. The topological polar surface area (TPSA) is 38.3 Å². The van der Waals surface area contributed by atoms with E-state index in [-0.39, 0.29) is 5.97 Å². The second-order valence-electron chi connectivity index (χ2n) is 6.85. The Bertz CT molecular complexity index is 732. The van der Waals surface area contributed by atoms with Crippen LogP contribution in [0.3, 0.4) is 0 Å². The highest BCUT2D eigenvalue weighted by atomic mass is 32.2. The maximum Gasteiger partial charge on any atom is 0.316 e. The van der Waals surface area contributed by atoms with Crippen molar-refractivity contribution in [1.29, 1.82) is 0 Å². The molecular weight excluding hydrogens is 350 g/mol. The van der Waals surface area contributed by atoms with Crippen molar-refractivity contribution in [3.05, 3.63) is 59.7 Å². The van der Waals surface area contributed by atoms with Crippen LogP contribution in [0.15, 0.2) is 48.5 Å². The van der Waals surface area contributed by atoms with E-state index < -0.39 is 5.41 Å². The highest BCUT2D eigenvalue weighted by Crippen LogP contribution is 2.22. The Hall–Kier alpha value is -1.85. The van der Waals surface area contributed by atoms with Crippen molar-refractivity contribution in [3.63, 3.8) is 0 Å². The SMILES string of the molecule is Cc1ccc(NC(=S)SCc2ccc(OC(=O)C(C)(C)C)cc2)cc1. The van der Waals surface area contributed by atoms with Crippen LogP contribution in [0.2, 0.25) is 0 Å².